The Hall–Kier alpha value is -3.84. The number of carbonyl (C=O) groups excluding carboxylic acids is 5. The van der Waals surface area contributed by atoms with Crippen LogP contribution in [0.4, 0.5) is 0 Å². The molecule has 5 atom stereocenters. The summed E-state index contributed by atoms with van der Waals surface area (Å²) in [5.41, 5.74) is 1.18. The van der Waals surface area contributed by atoms with Crippen molar-refractivity contribution >= 4 is 41.0 Å². The van der Waals surface area contributed by atoms with Crippen LogP contribution < -0.4 is 10.6 Å². The third kappa shape index (κ3) is 12.2. The highest BCUT2D eigenvalue weighted by molar-refractivity contribution is 7.09. The van der Waals surface area contributed by atoms with Crippen LogP contribution in [0, 0.1) is 11.8 Å². The Bertz CT molecular complexity index is 1400. The Morgan fingerprint density at radius 2 is 1.80 bits per heavy atom. The molecule has 2 aromatic rings. The van der Waals surface area contributed by atoms with Gasteiger partial charge in [0, 0.05) is 37.9 Å². The van der Waals surface area contributed by atoms with E-state index in [1.807, 2.05) is 56.1 Å². The first-order valence-corrected chi connectivity index (χ1v) is 18.1. The first-order valence-electron chi connectivity index (χ1n) is 17.2. The molecule has 12 nitrogen and oxygen atoms in total. The molecule has 0 saturated carbocycles. The predicted octanol–water partition coefficient (Wildman–Crippen LogP) is 4.15. The van der Waals surface area contributed by atoms with Crippen molar-refractivity contribution in [2.24, 2.45) is 11.8 Å². The predicted molar refractivity (Wildman–Crippen MR) is 188 cm³/mol. The van der Waals surface area contributed by atoms with Crippen LogP contribution in [0.5, 0.6) is 0 Å². The van der Waals surface area contributed by atoms with E-state index in [1.54, 1.807) is 31.2 Å². The van der Waals surface area contributed by atoms with E-state index in [9.17, 15) is 24.0 Å². The van der Waals surface area contributed by atoms with Crippen LogP contribution in [0.1, 0.15) is 93.9 Å². The van der Waals surface area contributed by atoms with Crippen LogP contribution in [0.15, 0.2) is 35.7 Å². The van der Waals surface area contributed by atoms with E-state index in [-0.39, 0.29) is 67.1 Å². The van der Waals surface area contributed by atoms with Gasteiger partial charge >= 0.3 is 11.9 Å². The van der Waals surface area contributed by atoms with Gasteiger partial charge in [-0.15, -0.1) is 11.3 Å². The lowest BCUT2D eigenvalue weighted by atomic mass is 9.96. The first-order chi connectivity index (χ1) is 23.3. The Morgan fingerprint density at radius 3 is 2.43 bits per heavy atom. The molecular formula is C36H53N5O7S. The second-order valence-electron chi connectivity index (χ2n) is 13.2. The van der Waals surface area contributed by atoms with E-state index >= 15 is 0 Å². The van der Waals surface area contributed by atoms with Gasteiger partial charge in [0.2, 0.25) is 11.8 Å². The van der Waals surface area contributed by atoms with E-state index in [0.717, 1.165) is 31.4 Å². The van der Waals surface area contributed by atoms with Gasteiger partial charge in [-0.2, -0.15) is 0 Å². The van der Waals surface area contributed by atoms with Crippen LogP contribution in [0.25, 0.3) is 0 Å². The molecule has 1 aromatic heterocycles. The maximum atomic E-state index is 13.5. The number of hydrogen-bond donors (Lipinski definition) is 2. The third-order valence-electron chi connectivity index (χ3n) is 8.93. The van der Waals surface area contributed by atoms with Crippen molar-refractivity contribution in [3.63, 3.8) is 0 Å². The van der Waals surface area contributed by atoms with Gasteiger partial charge in [-0.25, -0.2) is 4.98 Å². The zero-order valence-electron chi connectivity index (χ0n) is 29.9. The highest BCUT2D eigenvalue weighted by Gasteiger charge is 2.32. The molecule has 2 heterocycles. The second-order valence-corrected chi connectivity index (χ2v) is 14.1. The number of likely N-dealkylation sites (tertiary alicyclic amines) is 1. The van der Waals surface area contributed by atoms with Gasteiger partial charge in [-0.05, 0) is 57.7 Å². The summed E-state index contributed by atoms with van der Waals surface area (Å²) in [6, 6.07) is 8.73. The number of amides is 3. The molecule has 0 bridgehead atoms. The van der Waals surface area contributed by atoms with E-state index < -0.39 is 23.9 Å². The number of nitrogens with zero attached hydrogens (tertiary/aromatic N) is 3. The van der Waals surface area contributed by atoms with Crippen LogP contribution in [-0.4, -0.2) is 96.4 Å². The van der Waals surface area contributed by atoms with E-state index in [1.165, 1.54) is 18.3 Å². The quantitative estimate of drug-likeness (QED) is 0.233. The Kier molecular flexibility index (Phi) is 15.7. The van der Waals surface area contributed by atoms with Gasteiger partial charge in [0.1, 0.15) is 10.7 Å². The summed E-state index contributed by atoms with van der Waals surface area (Å²) in [4.78, 5) is 72.3. The van der Waals surface area contributed by atoms with Crippen molar-refractivity contribution in [3.8, 4) is 0 Å². The topological polar surface area (TPSA) is 147 Å². The Balaban J connectivity index is 1.72. The zero-order chi connectivity index (χ0) is 36.1. The number of carbonyl (C=O) groups is 5. The van der Waals surface area contributed by atoms with Crippen molar-refractivity contribution in [2.45, 2.75) is 97.4 Å². The summed E-state index contributed by atoms with van der Waals surface area (Å²) in [6.45, 7) is 9.78. The number of hydrogen-bond acceptors (Lipinski definition) is 10. The van der Waals surface area contributed by atoms with Gasteiger partial charge in [-0.3, -0.25) is 28.9 Å². The average molecular weight is 700 g/mol. The third-order valence-corrected chi connectivity index (χ3v) is 9.87. The number of benzene rings is 1. The molecule has 1 aromatic carbocycles. The molecule has 1 aliphatic rings. The second kappa shape index (κ2) is 19.4. The van der Waals surface area contributed by atoms with Gasteiger partial charge < -0.3 is 25.0 Å². The van der Waals surface area contributed by atoms with Gasteiger partial charge in [0.25, 0.3) is 5.91 Å². The number of ether oxygens (including phenoxy) is 2. The van der Waals surface area contributed by atoms with E-state index in [0.29, 0.717) is 17.8 Å². The lowest BCUT2D eigenvalue weighted by molar-refractivity contribution is -0.149. The van der Waals surface area contributed by atoms with Crippen molar-refractivity contribution in [3.05, 3.63) is 52.0 Å². The molecular weight excluding hydrogens is 646 g/mol. The summed E-state index contributed by atoms with van der Waals surface area (Å²) in [6.07, 6.45) is 3.13. The number of likely N-dealkylation sites (N-methyl/N-ethyl adjacent to an activating group) is 2. The summed E-state index contributed by atoms with van der Waals surface area (Å²) in [5, 5.41) is 7.90. The lowest BCUT2D eigenvalue weighted by Gasteiger charge is -2.34. The summed E-state index contributed by atoms with van der Waals surface area (Å²) >= 11 is 1.20. The number of rotatable bonds is 17. The van der Waals surface area contributed by atoms with Crippen LogP contribution in [0.3, 0.4) is 0 Å². The lowest BCUT2D eigenvalue weighted by Crippen LogP contribution is -2.51. The minimum absolute atomic E-state index is 0.0185. The summed E-state index contributed by atoms with van der Waals surface area (Å²) < 4.78 is 10.9. The molecule has 1 fully saturated rings. The van der Waals surface area contributed by atoms with Gasteiger partial charge in [0.05, 0.1) is 25.1 Å². The fraction of sp³-hybridized carbons (Fsp3) is 0.611. The fourth-order valence-corrected chi connectivity index (χ4v) is 7.03. The Morgan fingerprint density at radius 1 is 1.08 bits per heavy atom. The minimum Gasteiger partial charge on any atom is -0.466 e. The van der Waals surface area contributed by atoms with Crippen LogP contribution >= 0.6 is 11.3 Å². The fourth-order valence-electron chi connectivity index (χ4n) is 6.19. The largest absolute Gasteiger partial charge is 0.466 e. The molecule has 13 heteroatoms. The molecule has 0 aliphatic carbocycles. The molecule has 3 rings (SSSR count). The molecule has 270 valence electrons. The molecule has 1 saturated heterocycles. The van der Waals surface area contributed by atoms with Crippen LogP contribution in [0.2, 0.25) is 0 Å². The zero-order valence-corrected chi connectivity index (χ0v) is 30.7. The van der Waals surface area contributed by atoms with Crippen molar-refractivity contribution in [2.75, 3.05) is 33.8 Å². The first kappa shape index (κ1) is 39.6. The highest BCUT2D eigenvalue weighted by Crippen LogP contribution is 2.30. The maximum Gasteiger partial charge on any atom is 0.308 e. The maximum absolute atomic E-state index is 13.5. The summed E-state index contributed by atoms with van der Waals surface area (Å²) in [7, 11) is 3.60. The van der Waals surface area contributed by atoms with E-state index in [2.05, 4.69) is 15.6 Å². The normalized spacial score (nSPS) is 17.3. The average Bonchev–Trinajstić information content (AvgIpc) is 3.56. The molecule has 0 radical (unpaired) electrons. The standard InChI is InChI=1S/C36H53N5O7S/c1-8-47-36(46)24(4)18-27(19-26-14-10-9-11-15-26)38-33(44)28-22-49-35(39-28)31(48-25(5)42)20-30(23(2)3)41(7)32(43)21-37-34(45)29-16-12-13-17-40(29)6/h9-11,14-15,22-24,27,29-31H,8,12-13,16-21H2,1-7H3,(H,37,45)(H,38,44)/t24-,27+,29+,30?,31+/m0/s1. The van der Waals surface area contributed by atoms with Gasteiger partial charge in [-0.1, -0.05) is 57.5 Å². The molecule has 1 unspecified atom stereocenters. The number of esters is 2. The number of thiazole rings is 1. The van der Waals surface area contributed by atoms with Crippen LogP contribution in [-0.2, 0) is 35.1 Å². The highest BCUT2D eigenvalue weighted by atomic mass is 32.1. The van der Waals surface area contributed by atoms with Crippen molar-refractivity contribution in [1.29, 1.82) is 0 Å². The molecule has 49 heavy (non-hydrogen) atoms. The molecule has 3 amide bonds. The smallest absolute Gasteiger partial charge is 0.308 e. The van der Waals surface area contributed by atoms with Gasteiger partial charge in [0.15, 0.2) is 6.10 Å². The Labute approximate surface area is 294 Å². The molecule has 0 spiro atoms. The van der Waals surface area contributed by atoms with E-state index in [4.69, 9.17) is 9.47 Å². The number of nitrogens with one attached hydrogen (secondary N) is 2. The molecule has 2 N–H and O–H groups in total. The van der Waals surface area contributed by atoms with Crippen molar-refractivity contribution < 1.29 is 33.4 Å². The summed E-state index contributed by atoms with van der Waals surface area (Å²) in [5.74, 6) is -2.10. The number of aromatic nitrogens is 1. The molecule has 1 aliphatic heterocycles. The van der Waals surface area contributed by atoms with Crippen molar-refractivity contribution in [1.82, 2.24) is 25.4 Å². The minimum atomic E-state index is -0.805. The monoisotopic (exact) mass is 699 g/mol. The number of piperidine rings is 1. The SMILES string of the molecule is CCOC(=O)[C@@H](C)C[C@H](Cc1ccccc1)NC(=O)c1csc([C@@H](CC(C(C)C)N(C)C(=O)CNC(=O)[C@H]2CCCCN2C)OC(C)=O)n1.